The second-order valence-electron chi connectivity index (χ2n) is 4.81. The number of carbonyl (C=O) groups is 2. The van der Waals surface area contributed by atoms with Gasteiger partial charge in [0.15, 0.2) is 0 Å². The molecule has 2 amide bonds. The standard InChI is InChI=1S/C16H13Cl3N2O3/c1-8-6-12(13(24-2)7-11(8)19)20-15(22)16(23)21-14-9(17)4-3-5-10(14)18/h3-7H,1-2H3,(H,20,22)(H,21,23). The van der Waals surface area contributed by atoms with Crippen molar-refractivity contribution in [1.29, 1.82) is 0 Å². The number of benzene rings is 2. The molecule has 2 rings (SSSR count). The zero-order valence-electron chi connectivity index (χ0n) is 12.7. The van der Waals surface area contributed by atoms with Crippen LogP contribution >= 0.6 is 34.8 Å². The van der Waals surface area contributed by atoms with Crippen molar-refractivity contribution in [3.05, 3.63) is 51.0 Å². The largest absolute Gasteiger partial charge is 0.495 e. The van der Waals surface area contributed by atoms with Gasteiger partial charge in [-0.1, -0.05) is 40.9 Å². The van der Waals surface area contributed by atoms with Gasteiger partial charge in [0.2, 0.25) is 0 Å². The van der Waals surface area contributed by atoms with E-state index in [9.17, 15) is 9.59 Å². The molecule has 0 bridgehead atoms. The highest BCUT2D eigenvalue weighted by Gasteiger charge is 2.19. The molecule has 0 saturated carbocycles. The Hall–Kier alpha value is -1.95. The van der Waals surface area contributed by atoms with Crippen molar-refractivity contribution in [3.63, 3.8) is 0 Å². The summed E-state index contributed by atoms with van der Waals surface area (Å²) in [6.07, 6.45) is 0. The lowest BCUT2D eigenvalue weighted by molar-refractivity contribution is -0.133. The summed E-state index contributed by atoms with van der Waals surface area (Å²) in [7, 11) is 1.43. The Balaban J connectivity index is 2.18. The molecule has 2 aromatic carbocycles. The monoisotopic (exact) mass is 386 g/mol. The van der Waals surface area contributed by atoms with Gasteiger partial charge in [-0.2, -0.15) is 0 Å². The Morgan fingerprint density at radius 2 is 1.54 bits per heavy atom. The third-order valence-electron chi connectivity index (χ3n) is 3.14. The Labute approximate surface area is 153 Å². The molecule has 0 aliphatic carbocycles. The van der Waals surface area contributed by atoms with E-state index < -0.39 is 11.8 Å². The van der Waals surface area contributed by atoms with Crippen LogP contribution in [0.2, 0.25) is 15.1 Å². The fraction of sp³-hybridized carbons (Fsp3) is 0.125. The maximum Gasteiger partial charge on any atom is 0.314 e. The van der Waals surface area contributed by atoms with Crippen LogP contribution in [0, 0.1) is 6.92 Å². The van der Waals surface area contributed by atoms with Crippen molar-refractivity contribution < 1.29 is 14.3 Å². The number of nitrogens with one attached hydrogen (secondary N) is 2. The van der Waals surface area contributed by atoms with Gasteiger partial charge in [0.05, 0.1) is 28.5 Å². The van der Waals surface area contributed by atoms with Crippen molar-refractivity contribution in [2.75, 3.05) is 17.7 Å². The van der Waals surface area contributed by atoms with E-state index in [1.54, 1.807) is 37.3 Å². The number of rotatable bonds is 3. The van der Waals surface area contributed by atoms with E-state index in [1.807, 2.05) is 0 Å². The van der Waals surface area contributed by atoms with Crippen LogP contribution < -0.4 is 15.4 Å². The van der Waals surface area contributed by atoms with Gasteiger partial charge >= 0.3 is 11.8 Å². The van der Waals surface area contributed by atoms with Gasteiger partial charge in [-0.05, 0) is 30.7 Å². The third-order valence-corrected chi connectivity index (χ3v) is 4.17. The van der Waals surface area contributed by atoms with Crippen molar-refractivity contribution in [2.45, 2.75) is 6.92 Å². The first-order valence-electron chi connectivity index (χ1n) is 6.74. The van der Waals surface area contributed by atoms with Crippen LogP contribution in [-0.2, 0) is 9.59 Å². The SMILES string of the molecule is COc1cc(Cl)c(C)cc1NC(=O)C(=O)Nc1c(Cl)cccc1Cl. The molecule has 2 aromatic rings. The Kier molecular flexibility index (Phi) is 5.94. The molecular weight excluding hydrogens is 375 g/mol. The van der Waals surface area contributed by atoms with E-state index in [1.165, 1.54) is 7.11 Å². The molecule has 0 aliphatic rings. The predicted octanol–water partition coefficient (Wildman–Crippen LogP) is 4.54. The summed E-state index contributed by atoms with van der Waals surface area (Å²) in [4.78, 5) is 24.2. The van der Waals surface area contributed by atoms with Crippen LogP contribution in [-0.4, -0.2) is 18.9 Å². The van der Waals surface area contributed by atoms with Crippen LogP contribution in [0.5, 0.6) is 5.75 Å². The van der Waals surface area contributed by atoms with E-state index in [0.29, 0.717) is 16.5 Å². The van der Waals surface area contributed by atoms with Crippen LogP contribution in [0.4, 0.5) is 11.4 Å². The molecular formula is C16H13Cl3N2O3. The van der Waals surface area contributed by atoms with E-state index >= 15 is 0 Å². The lowest BCUT2D eigenvalue weighted by atomic mass is 10.2. The number of amides is 2. The first-order valence-corrected chi connectivity index (χ1v) is 7.87. The maximum absolute atomic E-state index is 12.1. The van der Waals surface area contributed by atoms with Gasteiger partial charge in [-0.15, -0.1) is 0 Å². The highest BCUT2D eigenvalue weighted by atomic mass is 35.5. The predicted molar refractivity (Wildman–Crippen MR) is 96.5 cm³/mol. The zero-order valence-corrected chi connectivity index (χ0v) is 15.0. The number of aryl methyl sites for hydroxylation is 1. The summed E-state index contributed by atoms with van der Waals surface area (Å²) >= 11 is 17.9. The average molecular weight is 388 g/mol. The molecule has 8 heteroatoms. The minimum absolute atomic E-state index is 0.167. The third kappa shape index (κ3) is 4.12. The molecule has 0 aliphatic heterocycles. The van der Waals surface area contributed by atoms with Crippen LogP contribution in [0.1, 0.15) is 5.56 Å². The molecule has 5 nitrogen and oxygen atoms in total. The number of carbonyl (C=O) groups excluding carboxylic acids is 2. The first-order chi connectivity index (χ1) is 11.3. The van der Waals surface area contributed by atoms with E-state index in [2.05, 4.69) is 10.6 Å². The molecule has 0 radical (unpaired) electrons. The normalized spacial score (nSPS) is 10.2. The molecule has 0 unspecified atom stereocenters. The second-order valence-corrected chi connectivity index (χ2v) is 6.03. The van der Waals surface area contributed by atoms with Crippen molar-refractivity contribution in [2.24, 2.45) is 0 Å². The Morgan fingerprint density at radius 1 is 0.958 bits per heavy atom. The van der Waals surface area contributed by atoms with Crippen molar-refractivity contribution >= 4 is 58.0 Å². The van der Waals surface area contributed by atoms with Gasteiger partial charge in [0.25, 0.3) is 0 Å². The number of hydrogen-bond acceptors (Lipinski definition) is 3. The molecule has 2 N–H and O–H groups in total. The topological polar surface area (TPSA) is 67.4 Å². The van der Waals surface area contributed by atoms with E-state index in [-0.39, 0.29) is 15.7 Å². The van der Waals surface area contributed by atoms with Crippen LogP contribution in [0.3, 0.4) is 0 Å². The average Bonchev–Trinajstić information content (AvgIpc) is 2.54. The number of ether oxygens (including phenoxy) is 1. The second kappa shape index (κ2) is 7.75. The number of hydrogen-bond donors (Lipinski definition) is 2. The molecule has 0 spiro atoms. The lowest BCUT2D eigenvalue weighted by Gasteiger charge is -2.13. The molecule has 126 valence electrons. The highest BCUT2D eigenvalue weighted by Crippen LogP contribution is 2.32. The first kappa shape index (κ1) is 18.4. The Bertz CT molecular complexity index is 789. The number of para-hydroxylation sites is 1. The highest BCUT2D eigenvalue weighted by molar-refractivity contribution is 6.46. The fourth-order valence-electron chi connectivity index (χ4n) is 1.90. The number of halogens is 3. The summed E-state index contributed by atoms with van der Waals surface area (Å²) in [5, 5.41) is 5.78. The van der Waals surface area contributed by atoms with Gasteiger partial charge in [0.1, 0.15) is 5.75 Å². The van der Waals surface area contributed by atoms with Crippen molar-refractivity contribution in [3.8, 4) is 5.75 Å². The van der Waals surface area contributed by atoms with E-state index in [0.717, 1.165) is 5.56 Å². The minimum Gasteiger partial charge on any atom is -0.495 e. The quantitative estimate of drug-likeness (QED) is 0.760. The number of anilines is 2. The summed E-state index contributed by atoms with van der Waals surface area (Å²) in [6, 6.07) is 7.88. The van der Waals surface area contributed by atoms with Crippen LogP contribution in [0.25, 0.3) is 0 Å². The molecule has 0 saturated heterocycles. The maximum atomic E-state index is 12.1. The minimum atomic E-state index is -0.917. The smallest absolute Gasteiger partial charge is 0.314 e. The van der Waals surface area contributed by atoms with Crippen LogP contribution in [0.15, 0.2) is 30.3 Å². The molecule has 0 fully saturated rings. The summed E-state index contributed by atoms with van der Waals surface area (Å²) in [6.45, 7) is 1.76. The Morgan fingerprint density at radius 3 is 2.12 bits per heavy atom. The molecule has 0 heterocycles. The summed E-state index contributed by atoms with van der Waals surface area (Å²) in [5.41, 5.74) is 1.22. The summed E-state index contributed by atoms with van der Waals surface area (Å²) < 4.78 is 5.15. The van der Waals surface area contributed by atoms with Gasteiger partial charge in [-0.3, -0.25) is 9.59 Å². The van der Waals surface area contributed by atoms with E-state index in [4.69, 9.17) is 39.5 Å². The van der Waals surface area contributed by atoms with Gasteiger partial charge < -0.3 is 15.4 Å². The molecule has 0 atom stereocenters. The number of methoxy groups -OCH3 is 1. The van der Waals surface area contributed by atoms with Crippen molar-refractivity contribution in [1.82, 2.24) is 0 Å². The zero-order chi connectivity index (χ0) is 17.9. The van der Waals surface area contributed by atoms with Gasteiger partial charge in [0, 0.05) is 11.1 Å². The molecule has 0 aromatic heterocycles. The lowest BCUT2D eigenvalue weighted by Crippen LogP contribution is -2.29. The van der Waals surface area contributed by atoms with Gasteiger partial charge in [-0.25, -0.2) is 0 Å². The fourth-order valence-corrected chi connectivity index (χ4v) is 2.54. The summed E-state index contributed by atoms with van der Waals surface area (Å²) in [5.74, 6) is -1.48. The molecule has 24 heavy (non-hydrogen) atoms.